The Morgan fingerprint density at radius 2 is 2.26 bits per heavy atom. The summed E-state index contributed by atoms with van der Waals surface area (Å²) < 4.78 is 0.893. The number of nitrogens with zero attached hydrogens (tertiary/aromatic N) is 1. The van der Waals surface area contributed by atoms with Gasteiger partial charge in [-0.2, -0.15) is 0 Å². The minimum Gasteiger partial charge on any atom is -0.309 e. The molecule has 1 N–H and O–H groups in total. The highest BCUT2D eigenvalue weighted by Crippen LogP contribution is 2.28. The lowest BCUT2D eigenvalue weighted by molar-refractivity contribution is 0.0580. The van der Waals surface area contributed by atoms with Gasteiger partial charge in [0.1, 0.15) is 0 Å². The first-order valence-corrected chi connectivity index (χ1v) is 8.34. The summed E-state index contributed by atoms with van der Waals surface area (Å²) in [6.45, 7) is 12.4. The van der Waals surface area contributed by atoms with Crippen LogP contribution in [0.15, 0.2) is 12.1 Å². The van der Waals surface area contributed by atoms with E-state index in [1.54, 1.807) is 11.3 Å². The average molecular weight is 301 g/mol. The maximum absolute atomic E-state index is 6.05. The predicted octanol–water partition coefficient (Wildman–Crippen LogP) is 4.00. The summed E-state index contributed by atoms with van der Waals surface area (Å²) in [6, 6.07) is 4.79. The van der Waals surface area contributed by atoms with Gasteiger partial charge in [0.05, 0.1) is 4.34 Å². The quantitative estimate of drug-likeness (QED) is 0.904. The molecule has 1 aliphatic rings. The predicted molar refractivity (Wildman–Crippen MR) is 85.1 cm³/mol. The molecule has 2 nitrogen and oxygen atoms in total. The van der Waals surface area contributed by atoms with Gasteiger partial charge in [-0.1, -0.05) is 31.9 Å². The summed E-state index contributed by atoms with van der Waals surface area (Å²) in [5.41, 5.74) is 0.199. The van der Waals surface area contributed by atoms with E-state index in [1.165, 1.54) is 11.3 Å². The fourth-order valence-electron chi connectivity index (χ4n) is 2.83. The van der Waals surface area contributed by atoms with Crippen molar-refractivity contribution in [1.29, 1.82) is 0 Å². The van der Waals surface area contributed by atoms with Gasteiger partial charge in [-0.3, -0.25) is 4.90 Å². The lowest BCUT2D eigenvalue weighted by atomic mass is 9.91. The highest BCUT2D eigenvalue weighted by atomic mass is 35.5. The molecule has 2 atom stereocenters. The third-order valence-corrected chi connectivity index (χ3v) is 5.36. The molecule has 0 amide bonds. The Morgan fingerprint density at radius 3 is 2.84 bits per heavy atom. The van der Waals surface area contributed by atoms with E-state index in [4.69, 9.17) is 11.6 Å². The fraction of sp³-hybridized carbons (Fsp3) is 0.733. The zero-order chi connectivity index (χ0) is 14.0. The molecular formula is C15H25ClN2S. The Labute approximate surface area is 126 Å². The number of hydrogen-bond donors (Lipinski definition) is 1. The van der Waals surface area contributed by atoms with Gasteiger partial charge in [-0.25, -0.2) is 0 Å². The lowest BCUT2D eigenvalue weighted by Gasteiger charge is -2.46. The van der Waals surface area contributed by atoms with Crippen LogP contribution in [0.3, 0.4) is 0 Å². The van der Waals surface area contributed by atoms with Crippen molar-refractivity contribution in [1.82, 2.24) is 10.2 Å². The van der Waals surface area contributed by atoms with E-state index in [0.717, 1.165) is 29.9 Å². The standard InChI is InChI=1S/C15H25ClN2S/c1-5-11(2)13-8-17-15(3,4)10-18(13)9-12-6-7-14(16)19-12/h6-7,11,13,17H,5,8-10H2,1-4H3. The number of nitrogens with one attached hydrogen (secondary N) is 1. The molecule has 1 aliphatic heterocycles. The topological polar surface area (TPSA) is 15.3 Å². The average Bonchev–Trinajstić information content (AvgIpc) is 2.73. The van der Waals surface area contributed by atoms with Crippen molar-refractivity contribution in [2.24, 2.45) is 5.92 Å². The van der Waals surface area contributed by atoms with E-state index in [1.807, 2.05) is 6.07 Å². The number of rotatable bonds is 4. The van der Waals surface area contributed by atoms with Gasteiger partial charge in [0.25, 0.3) is 0 Å². The van der Waals surface area contributed by atoms with Gasteiger partial charge < -0.3 is 5.32 Å². The molecule has 2 heterocycles. The first-order chi connectivity index (χ1) is 8.91. The molecule has 19 heavy (non-hydrogen) atoms. The second-order valence-electron chi connectivity index (χ2n) is 6.33. The minimum atomic E-state index is 0.199. The van der Waals surface area contributed by atoms with Crippen molar-refractivity contribution in [3.63, 3.8) is 0 Å². The molecule has 1 fully saturated rings. The smallest absolute Gasteiger partial charge is 0.0931 e. The zero-order valence-electron chi connectivity index (χ0n) is 12.4. The third kappa shape index (κ3) is 3.94. The van der Waals surface area contributed by atoms with E-state index in [2.05, 4.69) is 44.0 Å². The lowest BCUT2D eigenvalue weighted by Crippen LogP contribution is -2.62. The molecule has 0 saturated carbocycles. The molecule has 0 radical (unpaired) electrons. The van der Waals surface area contributed by atoms with Gasteiger partial charge in [-0.15, -0.1) is 11.3 Å². The number of thiophene rings is 1. The van der Waals surface area contributed by atoms with Crippen molar-refractivity contribution in [3.05, 3.63) is 21.3 Å². The summed E-state index contributed by atoms with van der Waals surface area (Å²) in [4.78, 5) is 4.00. The minimum absolute atomic E-state index is 0.199. The number of piperazine rings is 1. The van der Waals surface area contributed by atoms with Crippen LogP contribution < -0.4 is 5.32 Å². The highest BCUT2D eigenvalue weighted by Gasteiger charge is 2.34. The summed E-state index contributed by atoms with van der Waals surface area (Å²) in [5.74, 6) is 0.721. The SMILES string of the molecule is CCC(C)C1CNC(C)(C)CN1Cc1ccc(Cl)s1. The second kappa shape index (κ2) is 6.13. The maximum atomic E-state index is 6.05. The van der Waals surface area contributed by atoms with Crippen LogP contribution in [0.25, 0.3) is 0 Å². The van der Waals surface area contributed by atoms with Crippen LogP contribution in [-0.4, -0.2) is 29.6 Å². The highest BCUT2D eigenvalue weighted by molar-refractivity contribution is 7.16. The number of hydrogen-bond acceptors (Lipinski definition) is 3. The normalized spacial score (nSPS) is 25.4. The Balaban J connectivity index is 2.11. The molecule has 2 unspecified atom stereocenters. The van der Waals surface area contributed by atoms with Crippen molar-refractivity contribution in [2.75, 3.05) is 13.1 Å². The van der Waals surface area contributed by atoms with Gasteiger partial charge in [0, 0.05) is 36.1 Å². The Hall–Kier alpha value is -0.0900. The molecule has 1 saturated heterocycles. The van der Waals surface area contributed by atoms with Crippen molar-refractivity contribution >= 4 is 22.9 Å². The van der Waals surface area contributed by atoms with Gasteiger partial charge in [0.2, 0.25) is 0 Å². The zero-order valence-corrected chi connectivity index (χ0v) is 13.9. The molecule has 1 aromatic heterocycles. The molecule has 108 valence electrons. The van der Waals surface area contributed by atoms with Crippen molar-refractivity contribution in [2.45, 2.75) is 52.2 Å². The second-order valence-corrected chi connectivity index (χ2v) is 8.13. The van der Waals surface area contributed by atoms with Gasteiger partial charge in [-0.05, 0) is 31.9 Å². The summed E-state index contributed by atoms with van der Waals surface area (Å²) >= 11 is 7.75. The van der Waals surface area contributed by atoms with Crippen LogP contribution in [0.1, 0.15) is 39.0 Å². The first-order valence-electron chi connectivity index (χ1n) is 7.14. The monoisotopic (exact) mass is 300 g/mol. The van der Waals surface area contributed by atoms with Crippen molar-refractivity contribution < 1.29 is 0 Å². The van der Waals surface area contributed by atoms with Crippen LogP contribution in [-0.2, 0) is 6.54 Å². The molecule has 1 aromatic rings. The van der Waals surface area contributed by atoms with E-state index in [9.17, 15) is 0 Å². The van der Waals surface area contributed by atoms with Crippen molar-refractivity contribution in [3.8, 4) is 0 Å². The maximum Gasteiger partial charge on any atom is 0.0931 e. The summed E-state index contributed by atoms with van der Waals surface area (Å²) in [7, 11) is 0. The first kappa shape index (κ1) is 15.3. The third-order valence-electron chi connectivity index (χ3n) is 4.15. The van der Waals surface area contributed by atoms with E-state index >= 15 is 0 Å². The van der Waals surface area contributed by atoms with Crippen LogP contribution in [0.5, 0.6) is 0 Å². The van der Waals surface area contributed by atoms with Gasteiger partial charge in [0.15, 0.2) is 0 Å². The van der Waals surface area contributed by atoms with E-state index in [0.29, 0.717) is 6.04 Å². The van der Waals surface area contributed by atoms with Crippen LogP contribution in [0.4, 0.5) is 0 Å². The largest absolute Gasteiger partial charge is 0.309 e. The Bertz CT molecular complexity index is 416. The molecule has 0 aliphatic carbocycles. The fourth-order valence-corrected chi connectivity index (χ4v) is 3.95. The molecule has 0 bridgehead atoms. The van der Waals surface area contributed by atoms with Gasteiger partial charge >= 0.3 is 0 Å². The Morgan fingerprint density at radius 1 is 1.53 bits per heavy atom. The Kier molecular flexibility index (Phi) is 4.93. The van der Waals surface area contributed by atoms with E-state index in [-0.39, 0.29) is 5.54 Å². The molecule has 4 heteroatoms. The molecule has 2 rings (SSSR count). The molecular weight excluding hydrogens is 276 g/mol. The molecule has 0 spiro atoms. The summed E-state index contributed by atoms with van der Waals surface area (Å²) in [5, 5.41) is 3.68. The summed E-state index contributed by atoms with van der Waals surface area (Å²) in [6.07, 6.45) is 1.23. The molecule has 0 aromatic carbocycles. The van der Waals surface area contributed by atoms with Crippen LogP contribution in [0.2, 0.25) is 4.34 Å². The van der Waals surface area contributed by atoms with Crippen LogP contribution in [0, 0.1) is 5.92 Å². The van der Waals surface area contributed by atoms with E-state index < -0.39 is 0 Å². The number of halogens is 1. The van der Waals surface area contributed by atoms with Crippen LogP contribution >= 0.6 is 22.9 Å².